The van der Waals surface area contributed by atoms with E-state index in [1.54, 1.807) is 0 Å². The number of rotatable bonds is 3. The zero-order chi connectivity index (χ0) is 10.8. The summed E-state index contributed by atoms with van der Waals surface area (Å²) in [4.78, 5) is 6.72. The van der Waals surface area contributed by atoms with Gasteiger partial charge in [0, 0.05) is 13.6 Å². The number of nitrogen functional groups attached to an aromatic ring is 1. The predicted molar refractivity (Wildman–Crippen MR) is 64.0 cm³/mol. The number of pyridine rings is 1. The molecule has 0 atom stereocenters. The number of nitrogens with two attached hydrogens (primary N) is 1. The Morgan fingerprint density at radius 2 is 2.20 bits per heavy atom. The average molecular weight is 205 g/mol. The van der Waals surface area contributed by atoms with Crippen molar-refractivity contribution in [2.45, 2.75) is 26.2 Å². The van der Waals surface area contributed by atoms with Gasteiger partial charge in [-0.05, 0) is 37.8 Å². The van der Waals surface area contributed by atoms with Crippen LogP contribution in [0.2, 0.25) is 0 Å². The van der Waals surface area contributed by atoms with Gasteiger partial charge < -0.3 is 10.6 Å². The fourth-order valence-corrected chi connectivity index (χ4v) is 1.93. The summed E-state index contributed by atoms with van der Waals surface area (Å²) in [5.41, 5.74) is 7.44. The number of aryl methyl sites for hydroxylation is 1. The summed E-state index contributed by atoms with van der Waals surface area (Å²) in [5.74, 6) is 1.91. The molecule has 2 N–H and O–H groups in total. The zero-order valence-electron chi connectivity index (χ0n) is 9.53. The maximum absolute atomic E-state index is 5.75. The third-order valence-electron chi connectivity index (χ3n) is 3.26. The first-order valence-corrected chi connectivity index (χ1v) is 5.61. The quantitative estimate of drug-likeness (QED) is 0.822. The minimum absolute atomic E-state index is 0.774. The van der Waals surface area contributed by atoms with Gasteiger partial charge in [-0.2, -0.15) is 0 Å². The van der Waals surface area contributed by atoms with E-state index in [0.717, 1.165) is 29.7 Å². The second kappa shape index (κ2) is 4.09. The van der Waals surface area contributed by atoms with E-state index >= 15 is 0 Å². The normalized spacial score (nSPS) is 16.1. The smallest absolute Gasteiger partial charge is 0.128 e. The van der Waals surface area contributed by atoms with Crippen molar-refractivity contribution < 1.29 is 0 Å². The Morgan fingerprint density at radius 1 is 1.47 bits per heavy atom. The Morgan fingerprint density at radius 3 is 2.73 bits per heavy atom. The van der Waals surface area contributed by atoms with Crippen LogP contribution in [0.15, 0.2) is 12.1 Å². The Bertz CT molecular complexity index is 345. The van der Waals surface area contributed by atoms with E-state index in [9.17, 15) is 0 Å². The first-order valence-electron chi connectivity index (χ1n) is 5.61. The molecule has 0 aromatic carbocycles. The topological polar surface area (TPSA) is 42.2 Å². The minimum atomic E-state index is 0.774. The van der Waals surface area contributed by atoms with Crippen LogP contribution in [0, 0.1) is 12.8 Å². The molecule has 3 nitrogen and oxygen atoms in total. The molecule has 0 radical (unpaired) electrons. The van der Waals surface area contributed by atoms with Gasteiger partial charge in [0.1, 0.15) is 5.82 Å². The summed E-state index contributed by atoms with van der Waals surface area (Å²) in [7, 11) is 2.11. The van der Waals surface area contributed by atoms with Crippen LogP contribution in [-0.2, 0) is 0 Å². The molecule has 1 aromatic rings. The lowest BCUT2D eigenvalue weighted by Crippen LogP contribution is -2.29. The van der Waals surface area contributed by atoms with Crippen LogP contribution in [0.1, 0.15) is 25.0 Å². The first-order chi connectivity index (χ1) is 7.16. The van der Waals surface area contributed by atoms with Crippen molar-refractivity contribution in [1.82, 2.24) is 4.98 Å². The molecule has 0 amide bonds. The van der Waals surface area contributed by atoms with E-state index in [0.29, 0.717) is 0 Å². The lowest BCUT2D eigenvalue weighted by Gasteiger charge is -2.30. The van der Waals surface area contributed by atoms with Crippen molar-refractivity contribution in [2.75, 3.05) is 24.2 Å². The Labute approximate surface area is 91.3 Å². The number of anilines is 2. The molecule has 0 aliphatic heterocycles. The highest BCUT2D eigenvalue weighted by Gasteiger charge is 2.19. The molecule has 82 valence electrons. The highest BCUT2D eigenvalue weighted by atomic mass is 15.2. The van der Waals surface area contributed by atoms with Crippen LogP contribution in [0.5, 0.6) is 0 Å². The summed E-state index contributed by atoms with van der Waals surface area (Å²) in [6.07, 6.45) is 4.14. The highest BCUT2D eigenvalue weighted by molar-refractivity contribution is 5.50. The number of aromatic nitrogens is 1. The van der Waals surface area contributed by atoms with Crippen LogP contribution < -0.4 is 10.6 Å². The van der Waals surface area contributed by atoms with Crippen molar-refractivity contribution in [1.29, 1.82) is 0 Å². The molecule has 1 aliphatic rings. The van der Waals surface area contributed by atoms with Gasteiger partial charge >= 0.3 is 0 Å². The summed E-state index contributed by atoms with van der Waals surface area (Å²) in [6.45, 7) is 3.08. The molecule has 0 bridgehead atoms. The zero-order valence-corrected chi connectivity index (χ0v) is 9.53. The lowest BCUT2D eigenvalue weighted by molar-refractivity contribution is 0.321. The van der Waals surface area contributed by atoms with Crippen molar-refractivity contribution in [3.8, 4) is 0 Å². The first kappa shape index (κ1) is 10.3. The fraction of sp³-hybridized carbons (Fsp3) is 0.583. The summed E-state index contributed by atoms with van der Waals surface area (Å²) in [5, 5.41) is 0. The van der Waals surface area contributed by atoms with Crippen LogP contribution in [-0.4, -0.2) is 18.6 Å². The van der Waals surface area contributed by atoms with E-state index in [1.165, 1.54) is 19.3 Å². The number of nitrogens with zero attached hydrogens (tertiary/aromatic N) is 2. The van der Waals surface area contributed by atoms with Crippen LogP contribution >= 0.6 is 0 Å². The molecule has 2 rings (SSSR count). The van der Waals surface area contributed by atoms with Gasteiger partial charge in [-0.1, -0.05) is 6.42 Å². The molecule has 1 aliphatic carbocycles. The van der Waals surface area contributed by atoms with Crippen molar-refractivity contribution in [2.24, 2.45) is 5.92 Å². The van der Waals surface area contributed by atoms with Gasteiger partial charge in [-0.15, -0.1) is 0 Å². The molecule has 1 aromatic heterocycles. The Balaban J connectivity index is 2.03. The van der Waals surface area contributed by atoms with Gasteiger partial charge in [0.2, 0.25) is 0 Å². The maximum atomic E-state index is 5.75. The SMILES string of the molecule is Cc1nc(N(C)CC2CCC2)ccc1N. The molecular formula is C12H19N3. The second-order valence-corrected chi connectivity index (χ2v) is 4.52. The van der Waals surface area contributed by atoms with E-state index in [1.807, 2.05) is 19.1 Å². The molecule has 3 heteroatoms. The predicted octanol–water partition coefficient (Wildman–Crippen LogP) is 2.21. The van der Waals surface area contributed by atoms with Gasteiger partial charge in [-0.3, -0.25) is 0 Å². The van der Waals surface area contributed by atoms with Gasteiger partial charge in [0.05, 0.1) is 11.4 Å². The standard InChI is InChI=1S/C12H19N3/c1-9-11(13)6-7-12(14-9)15(2)8-10-4-3-5-10/h6-7,10H,3-5,8,13H2,1-2H3. The van der Waals surface area contributed by atoms with Crippen LogP contribution in [0.3, 0.4) is 0 Å². The van der Waals surface area contributed by atoms with E-state index in [-0.39, 0.29) is 0 Å². The average Bonchev–Trinajstić information content (AvgIpc) is 2.15. The van der Waals surface area contributed by atoms with Crippen molar-refractivity contribution >= 4 is 11.5 Å². The van der Waals surface area contributed by atoms with Crippen LogP contribution in [0.25, 0.3) is 0 Å². The molecule has 1 heterocycles. The van der Waals surface area contributed by atoms with Gasteiger partial charge in [0.15, 0.2) is 0 Å². The molecular weight excluding hydrogens is 186 g/mol. The van der Waals surface area contributed by atoms with Gasteiger partial charge in [-0.25, -0.2) is 4.98 Å². The molecule has 1 saturated carbocycles. The largest absolute Gasteiger partial charge is 0.397 e. The summed E-state index contributed by atoms with van der Waals surface area (Å²) in [6, 6.07) is 3.94. The second-order valence-electron chi connectivity index (χ2n) is 4.52. The van der Waals surface area contributed by atoms with E-state index in [4.69, 9.17) is 5.73 Å². The maximum Gasteiger partial charge on any atom is 0.128 e. The van der Waals surface area contributed by atoms with E-state index < -0.39 is 0 Å². The molecule has 0 saturated heterocycles. The number of hydrogen-bond acceptors (Lipinski definition) is 3. The molecule has 1 fully saturated rings. The Kier molecular flexibility index (Phi) is 2.80. The summed E-state index contributed by atoms with van der Waals surface area (Å²) < 4.78 is 0. The Hall–Kier alpha value is -1.25. The third kappa shape index (κ3) is 2.22. The molecule has 0 unspecified atom stereocenters. The molecule has 0 spiro atoms. The van der Waals surface area contributed by atoms with E-state index in [2.05, 4.69) is 16.9 Å². The van der Waals surface area contributed by atoms with Crippen molar-refractivity contribution in [3.63, 3.8) is 0 Å². The monoisotopic (exact) mass is 205 g/mol. The highest BCUT2D eigenvalue weighted by Crippen LogP contribution is 2.28. The number of hydrogen-bond donors (Lipinski definition) is 1. The minimum Gasteiger partial charge on any atom is -0.397 e. The van der Waals surface area contributed by atoms with Crippen LogP contribution in [0.4, 0.5) is 11.5 Å². The molecule has 15 heavy (non-hydrogen) atoms. The summed E-state index contributed by atoms with van der Waals surface area (Å²) >= 11 is 0. The van der Waals surface area contributed by atoms with Gasteiger partial charge in [0.25, 0.3) is 0 Å². The third-order valence-corrected chi connectivity index (χ3v) is 3.26. The fourth-order valence-electron chi connectivity index (χ4n) is 1.93. The van der Waals surface area contributed by atoms with Crippen molar-refractivity contribution in [3.05, 3.63) is 17.8 Å². The lowest BCUT2D eigenvalue weighted by atomic mass is 9.85.